The van der Waals surface area contributed by atoms with Crippen LogP contribution >= 0.6 is 0 Å². The third-order valence-electron chi connectivity index (χ3n) is 15.2. The van der Waals surface area contributed by atoms with Crippen LogP contribution in [0.15, 0.2) is 163 Å². The Morgan fingerprint density at radius 1 is 0.839 bits per heavy atom. The van der Waals surface area contributed by atoms with Crippen LogP contribution in [0.4, 0.5) is 0 Å². The fourth-order valence-electron chi connectivity index (χ4n) is 12.1. The second-order valence-electron chi connectivity index (χ2n) is 20.2. The van der Waals surface area contributed by atoms with Crippen molar-refractivity contribution in [2.24, 2.45) is 24.8 Å². The number of benzene rings is 3. The monoisotopic (exact) mass is 829 g/mol. The largest absolute Gasteiger partial charge is 0.360 e. The Kier molecular flexibility index (Phi) is 10.8. The average Bonchev–Trinajstić information content (AvgIpc) is 3.92. The van der Waals surface area contributed by atoms with Crippen LogP contribution in [0.3, 0.4) is 0 Å². The molecule has 3 heteroatoms. The smallest absolute Gasteiger partial charge is 0.213 e. The van der Waals surface area contributed by atoms with Gasteiger partial charge in [0.1, 0.15) is 7.05 Å². The van der Waals surface area contributed by atoms with Gasteiger partial charge in [-0.05, 0) is 122 Å². The molecule has 3 aromatic carbocycles. The molecule has 4 aromatic rings. The first kappa shape index (κ1) is 40.8. The summed E-state index contributed by atoms with van der Waals surface area (Å²) in [6.45, 7) is 19.6. The van der Waals surface area contributed by atoms with Crippen molar-refractivity contribution in [2.75, 3.05) is 0 Å². The van der Waals surface area contributed by atoms with E-state index in [1.165, 1.54) is 93.4 Å². The lowest BCUT2D eigenvalue weighted by molar-refractivity contribution is -0.660. The summed E-state index contributed by atoms with van der Waals surface area (Å²) in [6, 6.07) is 28.0. The average molecular weight is 830 g/mol. The van der Waals surface area contributed by atoms with Gasteiger partial charge >= 0.3 is 0 Å². The van der Waals surface area contributed by atoms with E-state index in [4.69, 9.17) is 6.58 Å². The minimum atomic E-state index is -1.75. The van der Waals surface area contributed by atoms with Crippen molar-refractivity contribution < 1.29 is 4.57 Å². The summed E-state index contributed by atoms with van der Waals surface area (Å²) in [5, 5.41) is 1.66. The van der Waals surface area contributed by atoms with Crippen molar-refractivity contribution in [1.29, 1.82) is 0 Å². The molecule has 4 atom stereocenters. The first-order valence-corrected chi connectivity index (χ1v) is 27.3. The van der Waals surface area contributed by atoms with Crippen molar-refractivity contribution in [3.8, 4) is 33.5 Å². The molecule has 0 saturated heterocycles. The van der Waals surface area contributed by atoms with Crippen molar-refractivity contribution in [3.63, 3.8) is 0 Å². The second-order valence-corrected chi connectivity index (χ2v) is 25.3. The maximum absolute atomic E-state index is 5.08. The van der Waals surface area contributed by atoms with E-state index < -0.39 is 8.07 Å². The number of pyridine rings is 1. The van der Waals surface area contributed by atoms with Gasteiger partial charge in [-0.1, -0.05) is 162 Å². The number of fused-ring (bicyclic) bond motifs is 5. The first-order valence-electron chi connectivity index (χ1n) is 23.8. The molecule has 3 unspecified atom stereocenters. The molecule has 0 amide bonds. The minimum absolute atomic E-state index is 0.111. The summed E-state index contributed by atoms with van der Waals surface area (Å²) in [5.41, 5.74) is 20.3. The summed E-state index contributed by atoms with van der Waals surface area (Å²) in [6.07, 6.45) is 34.3. The third kappa shape index (κ3) is 7.15. The molecule has 0 bridgehead atoms. The molecular formula is C59H65N2Si+. The van der Waals surface area contributed by atoms with E-state index in [1.807, 2.05) is 0 Å². The molecule has 314 valence electrons. The standard InChI is InChI=1S/C59H65N2Si/c1-8-39(2)34-52-47-26-17-18-27-48(47)53-37-45(35-41-20-15-16-21-41)55(62(5,6)7)38-61(53)59(52)51-31-30-50-49-29-19-28-46(43-24-13-10-14-25-43)56(49)40(3)57(50)58(51)54-36-44(32-33-60(54)4)42-22-11-9-12-23-42/h8-9,11-13,17,19,22-26,28-33,36-39,41,52-53,59H,1,3,10,14-16,18,20-21,27,34-35H2,2,4-7H3/q+1/t39?,52-,53?,59?/m1/s1. The summed E-state index contributed by atoms with van der Waals surface area (Å²) in [7, 11) is 0.493. The molecular weight excluding hydrogens is 765 g/mol. The van der Waals surface area contributed by atoms with Crippen LogP contribution in [-0.2, 0) is 7.05 Å². The third-order valence-corrected chi connectivity index (χ3v) is 17.2. The van der Waals surface area contributed by atoms with Gasteiger partial charge in [0.05, 0.1) is 25.7 Å². The Morgan fingerprint density at radius 3 is 2.37 bits per heavy atom. The van der Waals surface area contributed by atoms with E-state index in [2.05, 4.69) is 177 Å². The van der Waals surface area contributed by atoms with Gasteiger partial charge in [-0.25, -0.2) is 4.57 Å². The topological polar surface area (TPSA) is 7.12 Å². The van der Waals surface area contributed by atoms with E-state index >= 15 is 0 Å². The number of aryl methyl sites for hydroxylation is 1. The molecule has 2 aliphatic heterocycles. The molecule has 4 aliphatic carbocycles. The van der Waals surface area contributed by atoms with E-state index in [0.717, 1.165) is 43.6 Å². The van der Waals surface area contributed by atoms with Gasteiger partial charge in [0.25, 0.3) is 0 Å². The van der Waals surface area contributed by atoms with E-state index in [0.29, 0.717) is 11.8 Å². The fraction of sp³-hybridized carbons (Fsp3) is 0.339. The highest BCUT2D eigenvalue weighted by atomic mass is 28.3. The zero-order valence-corrected chi connectivity index (χ0v) is 38.9. The van der Waals surface area contributed by atoms with Crippen LogP contribution in [0.2, 0.25) is 19.6 Å². The normalized spacial score (nSPS) is 22.4. The highest BCUT2D eigenvalue weighted by Crippen LogP contribution is 2.57. The Bertz CT molecular complexity index is 2650. The molecule has 3 heterocycles. The van der Waals surface area contributed by atoms with Gasteiger partial charge in [-0.3, -0.25) is 0 Å². The van der Waals surface area contributed by atoms with Crippen molar-refractivity contribution >= 4 is 19.2 Å². The van der Waals surface area contributed by atoms with Gasteiger partial charge < -0.3 is 4.90 Å². The predicted octanol–water partition coefficient (Wildman–Crippen LogP) is 15.1. The molecule has 1 aromatic heterocycles. The SMILES string of the molecule is C=CC(C)C[C@@H]1C2=C(CCC=C2)C2C=C(CC3CCCC3)C([Si](C)(C)C)=CN2C1c1ccc2c(c1-c1cc(-c3ccccc3)cc[n+]1C)C(=C)c1c(C3=CCCC=C3)cccc1-2. The summed E-state index contributed by atoms with van der Waals surface area (Å²) >= 11 is 0. The van der Waals surface area contributed by atoms with Gasteiger partial charge in [0.2, 0.25) is 5.69 Å². The maximum Gasteiger partial charge on any atom is 0.213 e. The predicted molar refractivity (Wildman–Crippen MR) is 266 cm³/mol. The number of hydrogen-bond donors (Lipinski definition) is 0. The lowest BCUT2D eigenvalue weighted by Crippen LogP contribution is -2.48. The first-order chi connectivity index (χ1) is 30.1. The molecule has 1 saturated carbocycles. The number of allylic oxidation sites excluding steroid dienone is 9. The van der Waals surface area contributed by atoms with Crippen LogP contribution in [0.1, 0.15) is 99.4 Å². The molecule has 0 spiro atoms. The van der Waals surface area contributed by atoms with Gasteiger partial charge in [-0.2, -0.15) is 0 Å². The molecule has 0 radical (unpaired) electrons. The zero-order chi connectivity index (χ0) is 42.7. The fourth-order valence-corrected chi connectivity index (χ4v) is 13.8. The van der Waals surface area contributed by atoms with Crippen LogP contribution in [0.5, 0.6) is 0 Å². The number of rotatable bonds is 10. The van der Waals surface area contributed by atoms with Gasteiger partial charge in [0.15, 0.2) is 6.20 Å². The van der Waals surface area contributed by atoms with Crippen LogP contribution in [-0.4, -0.2) is 19.0 Å². The van der Waals surface area contributed by atoms with Crippen molar-refractivity contribution in [2.45, 2.75) is 103 Å². The minimum Gasteiger partial charge on any atom is -0.360 e. The lowest BCUT2D eigenvalue weighted by atomic mass is 9.69. The van der Waals surface area contributed by atoms with Crippen LogP contribution in [0.25, 0.3) is 44.7 Å². The Balaban J connectivity index is 1.25. The number of aromatic nitrogens is 1. The van der Waals surface area contributed by atoms with Gasteiger partial charge in [0, 0.05) is 29.8 Å². The lowest BCUT2D eigenvalue weighted by Gasteiger charge is -2.52. The Labute approximate surface area is 373 Å². The Hall–Kier alpha value is -5.25. The van der Waals surface area contributed by atoms with Crippen molar-refractivity contribution in [1.82, 2.24) is 4.90 Å². The quantitative estimate of drug-likeness (QED) is 0.0773. The second kappa shape index (κ2) is 16.5. The van der Waals surface area contributed by atoms with E-state index in [9.17, 15) is 0 Å². The maximum atomic E-state index is 5.08. The molecule has 10 rings (SSSR count). The Morgan fingerprint density at radius 2 is 1.61 bits per heavy atom. The molecule has 0 N–H and O–H groups in total. The highest BCUT2D eigenvalue weighted by Gasteiger charge is 2.46. The van der Waals surface area contributed by atoms with Crippen molar-refractivity contribution in [3.05, 3.63) is 185 Å². The molecule has 1 fully saturated rings. The number of hydrogen-bond acceptors (Lipinski definition) is 1. The van der Waals surface area contributed by atoms with Crippen LogP contribution in [0, 0.1) is 17.8 Å². The highest BCUT2D eigenvalue weighted by molar-refractivity contribution is 6.84. The summed E-state index contributed by atoms with van der Waals surface area (Å²) < 4.78 is 2.38. The van der Waals surface area contributed by atoms with Gasteiger partial charge in [-0.15, -0.1) is 6.58 Å². The molecule has 6 aliphatic rings. The number of nitrogens with zero attached hydrogens (tertiary/aromatic N) is 2. The molecule has 62 heavy (non-hydrogen) atoms. The zero-order valence-electron chi connectivity index (χ0n) is 37.9. The summed E-state index contributed by atoms with van der Waals surface area (Å²) in [4.78, 5) is 2.89. The van der Waals surface area contributed by atoms with E-state index in [1.54, 1.807) is 21.9 Å². The summed E-state index contributed by atoms with van der Waals surface area (Å²) in [5.74, 6) is 1.47. The molecule has 2 nitrogen and oxygen atoms in total. The van der Waals surface area contributed by atoms with Crippen LogP contribution < -0.4 is 4.57 Å². The van der Waals surface area contributed by atoms with E-state index in [-0.39, 0.29) is 12.1 Å².